The van der Waals surface area contributed by atoms with E-state index in [0.717, 1.165) is 5.92 Å². The summed E-state index contributed by atoms with van der Waals surface area (Å²) in [5.74, 6) is -4.93. The maximum Gasteiger partial charge on any atom is 0.400 e. The molecule has 0 spiro atoms. The Labute approximate surface area is 220 Å². The van der Waals surface area contributed by atoms with Gasteiger partial charge in [-0.2, -0.15) is 8.78 Å². The zero-order valence-corrected chi connectivity index (χ0v) is 21.7. The van der Waals surface area contributed by atoms with Crippen LogP contribution in [-0.4, -0.2) is 45.1 Å². The molecule has 5 nitrogen and oxygen atoms in total. The van der Waals surface area contributed by atoms with Crippen molar-refractivity contribution in [2.75, 3.05) is 26.4 Å². The molecule has 1 aromatic carbocycles. The summed E-state index contributed by atoms with van der Waals surface area (Å²) in [5, 5.41) is 0. The van der Waals surface area contributed by atoms with Gasteiger partial charge in [0, 0.05) is 24.0 Å². The van der Waals surface area contributed by atoms with Crippen LogP contribution in [0.15, 0.2) is 12.1 Å². The summed E-state index contributed by atoms with van der Waals surface area (Å²) in [7, 11) is 0. The SMILES string of the molecule is CC1CCC(C2COC(C3COC(C4CCC(C(F)(F)Oc5cc(F)c(F)c(F)c5)CC4)OC3)OC2)CC1. The highest BCUT2D eigenvalue weighted by Crippen LogP contribution is 2.43. The maximum atomic E-state index is 14.7. The average molecular weight is 549 g/mol. The van der Waals surface area contributed by atoms with E-state index in [1.165, 1.54) is 25.7 Å². The Morgan fingerprint density at radius 2 is 1.13 bits per heavy atom. The standard InChI is InChI=1S/C28H37F5O5/c1-16-2-4-17(5-3-16)19-12-34-27(35-13-19)20-14-36-26(37-15-20)18-6-8-21(9-7-18)28(32,33)38-22-10-23(29)25(31)24(30)11-22/h10-11,16-21,26-27H,2-9,12-15H2,1H3. The van der Waals surface area contributed by atoms with Crippen LogP contribution in [0.4, 0.5) is 22.0 Å². The smallest absolute Gasteiger partial charge is 0.400 e. The number of rotatable bonds is 6. The fraction of sp³-hybridized carbons (Fsp3) is 0.786. The van der Waals surface area contributed by atoms with Gasteiger partial charge in [-0.25, -0.2) is 13.2 Å². The average Bonchev–Trinajstić information content (AvgIpc) is 2.92. The fourth-order valence-corrected chi connectivity index (χ4v) is 6.36. The van der Waals surface area contributed by atoms with Crippen LogP contribution < -0.4 is 4.74 Å². The third-order valence-electron chi connectivity index (χ3n) is 8.85. The molecule has 2 saturated heterocycles. The molecule has 1 aromatic rings. The van der Waals surface area contributed by atoms with E-state index in [1.54, 1.807) is 0 Å². The van der Waals surface area contributed by atoms with Crippen LogP contribution >= 0.6 is 0 Å². The Bertz CT molecular complexity index is 893. The zero-order valence-electron chi connectivity index (χ0n) is 21.7. The minimum absolute atomic E-state index is 0.0378. The van der Waals surface area contributed by atoms with Crippen LogP contribution in [0.3, 0.4) is 0 Å². The fourth-order valence-electron chi connectivity index (χ4n) is 6.36. The van der Waals surface area contributed by atoms with Crippen LogP contribution in [0.2, 0.25) is 0 Å². The van der Waals surface area contributed by atoms with Crippen molar-refractivity contribution in [1.82, 2.24) is 0 Å². The first kappa shape index (κ1) is 28.1. The summed E-state index contributed by atoms with van der Waals surface area (Å²) >= 11 is 0. The van der Waals surface area contributed by atoms with E-state index < -0.39 is 41.5 Å². The van der Waals surface area contributed by atoms with Crippen molar-refractivity contribution in [1.29, 1.82) is 0 Å². The lowest BCUT2D eigenvalue weighted by Gasteiger charge is -2.42. The molecule has 0 atom stereocenters. The van der Waals surface area contributed by atoms with Crippen molar-refractivity contribution in [3.05, 3.63) is 29.6 Å². The molecule has 2 aliphatic carbocycles. The van der Waals surface area contributed by atoms with E-state index in [-0.39, 0.29) is 31.0 Å². The molecule has 2 aliphatic heterocycles. The van der Waals surface area contributed by atoms with E-state index in [2.05, 4.69) is 11.7 Å². The Morgan fingerprint density at radius 1 is 0.658 bits per heavy atom. The molecule has 5 rings (SSSR count). The minimum Gasteiger partial charge on any atom is -0.432 e. The normalized spacial score (nSPS) is 37.1. The van der Waals surface area contributed by atoms with E-state index in [0.29, 0.717) is 63.2 Å². The predicted molar refractivity (Wildman–Crippen MR) is 127 cm³/mol. The Balaban J connectivity index is 1.04. The van der Waals surface area contributed by atoms with Gasteiger partial charge in [0.2, 0.25) is 0 Å². The molecule has 0 aromatic heterocycles. The highest BCUT2D eigenvalue weighted by atomic mass is 19.3. The monoisotopic (exact) mass is 548 g/mol. The summed E-state index contributed by atoms with van der Waals surface area (Å²) in [6.07, 6.45) is 1.67. The van der Waals surface area contributed by atoms with Crippen LogP contribution in [0.1, 0.15) is 58.3 Å². The lowest BCUT2D eigenvalue weighted by atomic mass is 9.76. The maximum absolute atomic E-state index is 14.7. The van der Waals surface area contributed by atoms with E-state index in [4.69, 9.17) is 18.9 Å². The molecular weight excluding hydrogens is 511 g/mol. The van der Waals surface area contributed by atoms with Crippen molar-refractivity contribution >= 4 is 0 Å². The minimum atomic E-state index is -3.65. The second-order valence-electron chi connectivity index (χ2n) is 11.6. The molecule has 2 saturated carbocycles. The second kappa shape index (κ2) is 11.9. The van der Waals surface area contributed by atoms with Gasteiger partial charge in [0.05, 0.1) is 38.3 Å². The van der Waals surface area contributed by atoms with Gasteiger partial charge in [-0.3, -0.25) is 0 Å². The molecule has 0 bridgehead atoms. The Morgan fingerprint density at radius 3 is 1.68 bits per heavy atom. The molecule has 214 valence electrons. The number of hydrogen-bond donors (Lipinski definition) is 0. The predicted octanol–water partition coefficient (Wildman–Crippen LogP) is 6.69. The zero-order chi connectivity index (χ0) is 26.9. The van der Waals surface area contributed by atoms with Gasteiger partial charge in [-0.05, 0) is 50.4 Å². The first-order chi connectivity index (χ1) is 18.2. The molecule has 0 radical (unpaired) electrons. The van der Waals surface area contributed by atoms with Gasteiger partial charge in [-0.1, -0.05) is 19.8 Å². The van der Waals surface area contributed by atoms with Crippen molar-refractivity contribution < 1.29 is 45.6 Å². The second-order valence-corrected chi connectivity index (χ2v) is 11.6. The van der Waals surface area contributed by atoms with Crippen LogP contribution in [0.5, 0.6) is 5.75 Å². The first-order valence-corrected chi connectivity index (χ1v) is 13.9. The van der Waals surface area contributed by atoms with Crippen LogP contribution in [0, 0.1) is 53.0 Å². The number of ether oxygens (including phenoxy) is 5. The largest absolute Gasteiger partial charge is 0.432 e. The van der Waals surface area contributed by atoms with E-state index >= 15 is 0 Å². The molecule has 4 fully saturated rings. The Hall–Kier alpha value is -1.49. The number of alkyl halides is 2. The van der Waals surface area contributed by atoms with Crippen LogP contribution in [0.25, 0.3) is 0 Å². The third-order valence-corrected chi connectivity index (χ3v) is 8.85. The molecule has 2 heterocycles. The summed E-state index contributed by atoms with van der Waals surface area (Å²) in [4.78, 5) is 0. The highest BCUT2D eigenvalue weighted by molar-refractivity contribution is 5.25. The molecule has 38 heavy (non-hydrogen) atoms. The van der Waals surface area contributed by atoms with E-state index in [9.17, 15) is 22.0 Å². The molecule has 0 N–H and O–H groups in total. The molecule has 10 heteroatoms. The Kier molecular flexibility index (Phi) is 8.82. The van der Waals surface area contributed by atoms with Gasteiger partial charge >= 0.3 is 6.11 Å². The number of halogens is 5. The topological polar surface area (TPSA) is 46.2 Å². The lowest BCUT2D eigenvalue weighted by Crippen LogP contribution is -2.47. The van der Waals surface area contributed by atoms with Gasteiger partial charge in [-0.15, -0.1) is 0 Å². The van der Waals surface area contributed by atoms with Crippen molar-refractivity contribution in [3.63, 3.8) is 0 Å². The first-order valence-electron chi connectivity index (χ1n) is 13.9. The lowest BCUT2D eigenvalue weighted by molar-refractivity contribution is -0.296. The quantitative estimate of drug-likeness (QED) is 0.293. The van der Waals surface area contributed by atoms with Gasteiger partial charge < -0.3 is 23.7 Å². The van der Waals surface area contributed by atoms with Gasteiger partial charge in [0.15, 0.2) is 30.0 Å². The molecule has 0 unspecified atom stereocenters. The summed E-state index contributed by atoms with van der Waals surface area (Å²) in [6, 6.07) is 0.850. The summed E-state index contributed by atoms with van der Waals surface area (Å²) in [6.45, 7) is 4.54. The summed E-state index contributed by atoms with van der Waals surface area (Å²) in [5.41, 5.74) is 0. The van der Waals surface area contributed by atoms with Crippen molar-refractivity contribution in [2.24, 2.45) is 35.5 Å². The highest BCUT2D eigenvalue weighted by Gasteiger charge is 2.46. The van der Waals surface area contributed by atoms with Gasteiger partial charge in [0.1, 0.15) is 5.75 Å². The third kappa shape index (κ3) is 6.45. The number of benzene rings is 1. The van der Waals surface area contributed by atoms with Crippen LogP contribution in [-0.2, 0) is 18.9 Å². The van der Waals surface area contributed by atoms with Crippen molar-refractivity contribution in [3.8, 4) is 5.75 Å². The number of hydrogen-bond acceptors (Lipinski definition) is 5. The molecule has 4 aliphatic rings. The molecule has 0 amide bonds. The summed E-state index contributed by atoms with van der Waals surface area (Å²) < 4.78 is 98.0. The molecular formula is C28H37F5O5. The van der Waals surface area contributed by atoms with Gasteiger partial charge in [0.25, 0.3) is 0 Å². The van der Waals surface area contributed by atoms with Crippen molar-refractivity contribution in [2.45, 2.75) is 77.0 Å². The van der Waals surface area contributed by atoms with E-state index in [1.807, 2.05) is 0 Å².